The quantitative estimate of drug-likeness (QED) is 0.930. The summed E-state index contributed by atoms with van der Waals surface area (Å²) in [7, 11) is 0. The Morgan fingerprint density at radius 3 is 2.62 bits per heavy atom. The first-order valence-electron chi connectivity index (χ1n) is 7.91. The molecule has 0 atom stereocenters. The summed E-state index contributed by atoms with van der Waals surface area (Å²) in [5.74, 6) is 1.03. The number of anilines is 1. The van der Waals surface area contributed by atoms with E-state index < -0.39 is 0 Å². The van der Waals surface area contributed by atoms with Crippen LogP contribution in [0.15, 0.2) is 42.5 Å². The van der Waals surface area contributed by atoms with E-state index in [-0.39, 0.29) is 24.7 Å². The van der Waals surface area contributed by atoms with E-state index in [0.29, 0.717) is 23.7 Å². The predicted octanol–water partition coefficient (Wildman–Crippen LogP) is 3.75. The van der Waals surface area contributed by atoms with Crippen molar-refractivity contribution in [3.8, 4) is 11.5 Å². The summed E-state index contributed by atoms with van der Waals surface area (Å²) < 4.78 is 23.6. The zero-order chi connectivity index (χ0) is 16.5. The lowest BCUT2D eigenvalue weighted by atomic mass is 10.2. The fourth-order valence-electron chi connectivity index (χ4n) is 2.71. The second kappa shape index (κ2) is 6.03. The monoisotopic (exact) mass is 328 g/mol. The molecule has 124 valence electrons. The Labute approximate surface area is 139 Å². The number of halogens is 1. The van der Waals surface area contributed by atoms with Crippen LogP contribution in [-0.2, 0) is 6.54 Å². The van der Waals surface area contributed by atoms with Crippen LogP contribution in [0.1, 0.15) is 18.4 Å². The van der Waals surface area contributed by atoms with Gasteiger partial charge in [0.25, 0.3) is 0 Å². The Morgan fingerprint density at radius 2 is 1.88 bits per heavy atom. The molecule has 5 nitrogen and oxygen atoms in total. The molecule has 1 saturated carbocycles. The van der Waals surface area contributed by atoms with Crippen LogP contribution in [0.5, 0.6) is 11.5 Å². The molecule has 1 N–H and O–H groups in total. The summed E-state index contributed by atoms with van der Waals surface area (Å²) in [6.07, 6.45) is 1.99. The van der Waals surface area contributed by atoms with Crippen LogP contribution in [0.25, 0.3) is 0 Å². The van der Waals surface area contributed by atoms with Crippen molar-refractivity contribution in [2.45, 2.75) is 25.4 Å². The van der Waals surface area contributed by atoms with Gasteiger partial charge in [0.05, 0.1) is 0 Å². The van der Waals surface area contributed by atoms with Gasteiger partial charge >= 0.3 is 6.03 Å². The lowest BCUT2D eigenvalue weighted by molar-refractivity contribution is 0.174. The highest BCUT2D eigenvalue weighted by molar-refractivity contribution is 5.90. The molecule has 0 unspecified atom stereocenters. The third kappa shape index (κ3) is 3.13. The molecule has 6 heteroatoms. The van der Waals surface area contributed by atoms with E-state index in [1.807, 2.05) is 0 Å². The molecule has 1 heterocycles. The average Bonchev–Trinajstić information content (AvgIpc) is 3.31. The van der Waals surface area contributed by atoms with E-state index >= 15 is 0 Å². The number of urea groups is 1. The van der Waals surface area contributed by atoms with E-state index in [9.17, 15) is 9.18 Å². The van der Waals surface area contributed by atoms with E-state index in [2.05, 4.69) is 5.32 Å². The molecule has 1 fully saturated rings. The van der Waals surface area contributed by atoms with Crippen molar-refractivity contribution in [1.82, 2.24) is 4.90 Å². The fourth-order valence-corrected chi connectivity index (χ4v) is 2.71. The maximum Gasteiger partial charge on any atom is 0.322 e. The van der Waals surface area contributed by atoms with Gasteiger partial charge in [-0.1, -0.05) is 12.1 Å². The van der Waals surface area contributed by atoms with Crippen LogP contribution < -0.4 is 14.8 Å². The van der Waals surface area contributed by atoms with Crippen molar-refractivity contribution in [3.63, 3.8) is 0 Å². The fraction of sp³-hybridized carbons (Fsp3) is 0.278. The summed E-state index contributed by atoms with van der Waals surface area (Å²) in [4.78, 5) is 14.4. The minimum atomic E-state index is -0.276. The number of rotatable bonds is 4. The molecule has 1 aliphatic carbocycles. The summed E-state index contributed by atoms with van der Waals surface area (Å²) >= 11 is 0. The van der Waals surface area contributed by atoms with Gasteiger partial charge in [-0.15, -0.1) is 0 Å². The van der Waals surface area contributed by atoms with Crippen LogP contribution in [0, 0.1) is 5.82 Å². The van der Waals surface area contributed by atoms with Crippen molar-refractivity contribution in [1.29, 1.82) is 0 Å². The molecule has 2 aromatic rings. The normalized spacial score (nSPS) is 15.2. The Kier molecular flexibility index (Phi) is 3.72. The smallest absolute Gasteiger partial charge is 0.322 e. The molecule has 0 radical (unpaired) electrons. The van der Waals surface area contributed by atoms with Crippen LogP contribution >= 0.6 is 0 Å². The molecule has 2 aliphatic rings. The first-order chi connectivity index (χ1) is 11.7. The van der Waals surface area contributed by atoms with E-state index in [0.717, 1.165) is 18.4 Å². The van der Waals surface area contributed by atoms with Gasteiger partial charge in [-0.3, -0.25) is 0 Å². The molecule has 0 bridgehead atoms. The van der Waals surface area contributed by atoms with Crippen molar-refractivity contribution < 1.29 is 18.7 Å². The van der Waals surface area contributed by atoms with Crippen LogP contribution in [-0.4, -0.2) is 23.8 Å². The van der Waals surface area contributed by atoms with Crippen molar-refractivity contribution >= 4 is 11.7 Å². The SMILES string of the molecule is O=C(Nc1ccc2c(c1)OCO2)N(Cc1ccc(F)cc1)C1CC1. The highest BCUT2D eigenvalue weighted by atomic mass is 19.1. The van der Waals surface area contributed by atoms with Gasteiger partial charge < -0.3 is 19.7 Å². The number of nitrogens with zero attached hydrogens (tertiary/aromatic N) is 1. The number of nitrogens with one attached hydrogen (secondary N) is 1. The zero-order valence-electron chi connectivity index (χ0n) is 13.0. The largest absolute Gasteiger partial charge is 0.454 e. The van der Waals surface area contributed by atoms with Crippen LogP contribution in [0.4, 0.5) is 14.9 Å². The predicted molar refractivity (Wildman–Crippen MR) is 86.5 cm³/mol. The number of fused-ring (bicyclic) bond motifs is 1. The number of hydrogen-bond acceptors (Lipinski definition) is 3. The lowest BCUT2D eigenvalue weighted by Crippen LogP contribution is -2.36. The molecular weight excluding hydrogens is 311 g/mol. The molecule has 2 amide bonds. The summed E-state index contributed by atoms with van der Waals surface area (Å²) in [5.41, 5.74) is 1.57. The Bertz CT molecular complexity index is 759. The maximum absolute atomic E-state index is 13.0. The maximum atomic E-state index is 13.0. The molecule has 24 heavy (non-hydrogen) atoms. The van der Waals surface area contributed by atoms with Crippen LogP contribution in [0.3, 0.4) is 0 Å². The lowest BCUT2D eigenvalue weighted by Gasteiger charge is -2.23. The molecular formula is C18H17FN2O3. The topological polar surface area (TPSA) is 50.8 Å². The zero-order valence-corrected chi connectivity index (χ0v) is 13.0. The number of amides is 2. The second-order valence-electron chi connectivity index (χ2n) is 5.98. The summed E-state index contributed by atoms with van der Waals surface area (Å²) in [5, 5.41) is 2.90. The molecule has 0 saturated heterocycles. The van der Waals surface area contributed by atoms with Gasteiger partial charge in [-0.2, -0.15) is 0 Å². The number of carbonyl (C=O) groups is 1. The number of benzene rings is 2. The molecule has 4 rings (SSSR count). The highest BCUT2D eigenvalue weighted by Crippen LogP contribution is 2.35. The minimum Gasteiger partial charge on any atom is -0.454 e. The number of ether oxygens (including phenoxy) is 2. The van der Waals surface area contributed by atoms with E-state index in [1.54, 1.807) is 35.2 Å². The Balaban J connectivity index is 1.47. The minimum absolute atomic E-state index is 0.166. The molecule has 2 aromatic carbocycles. The molecule has 0 spiro atoms. The van der Waals surface area contributed by atoms with Gasteiger partial charge in [0.2, 0.25) is 6.79 Å². The first-order valence-corrected chi connectivity index (χ1v) is 7.91. The van der Waals surface area contributed by atoms with Gasteiger partial charge in [-0.05, 0) is 42.7 Å². The van der Waals surface area contributed by atoms with Gasteiger partial charge in [0.15, 0.2) is 11.5 Å². The standard InChI is InChI=1S/C18H17FN2O3/c19-13-3-1-12(2-4-13)10-21(15-6-7-15)18(22)20-14-5-8-16-17(9-14)24-11-23-16/h1-5,8-9,15H,6-7,10-11H2,(H,20,22). The first kappa shape index (κ1) is 14.8. The Hall–Kier alpha value is -2.76. The number of hydrogen-bond donors (Lipinski definition) is 1. The van der Waals surface area contributed by atoms with Gasteiger partial charge in [0.1, 0.15) is 5.82 Å². The van der Waals surface area contributed by atoms with Crippen molar-refractivity contribution in [3.05, 3.63) is 53.8 Å². The summed E-state index contributed by atoms with van der Waals surface area (Å²) in [6.45, 7) is 0.660. The highest BCUT2D eigenvalue weighted by Gasteiger charge is 2.32. The second-order valence-corrected chi connectivity index (χ2v) is 5.98. The number of carbonyl (C=O) groups excluding carboxylic acids is 1. The molecule has 0 aromatic heterocycles. The average molecular weight is 328 g/mol. The third-order valence-corrected chi connectivity index (χ3v) is 4.14. The van der Waals surface area contributed by atoms with Gasteiger partial charge in [0, 0.05) is 24.3 Å². The summed E-state index contributed by atoms with van der Waals surface area (Å²) in [6, 6.07) is 11.6. The van der Waals surface area contributed by atoms with Gasteiger partial charge in [-0.25, -0.2) is 9.18 Å². The molecule has 1 aliphatic heterocycles. The Morgan fingerprint density at radius 1 is 1.12 bits per heavy atom. The van der Waals surface area contributed by atoms with Crippen molar-refractivity contribution in [2.24, 2.45) is 0 Å². The third-order valence-electron chi connectivity index (χ3n) is 4.14. The van der Waals surface area contributed by atoms with E-state index in [1.165, 1.54) is 12.1 Å². The van der Waals surface area contributed by atoms with Crippen LogP contribution in [0.2, 0.25) is 0 Å². The van der Waals surface area contributed by atoms with Crippen molar-refractivity contribution in [2.75, 3.05) is 12.1 Å². The van der Waals surface area contributed by atoms with E-state index in [4.69, 9.17) is 9.47 Å².